The lowest BCUT2D eigenvalue weighted by Crippen LogP contribution is -2.46. The summed E-state index contributed by atoms with van der Waals surface area (Å²) in [6.07, 6.45) is 6.21. The van der Waals surface area contributed by atoms with Gasteiger partial charge in [-0.2, -0.15) is 0 Å². The van der Waals surface area contributed by atoms with Crippen LogP contribution in [0, 0.1) is 11.8 Å². The SMILES string of the molecule is CCNC(=NCC1CCCN(C)C1c1cccs1)NC1CCC(C(=O)OCC)CC1. The van der Waals surface area contributed by atoms with Crippen molar-refractivity contribution < 1.29 is 9.53 Å². The van der Waals surface area contributed by atoms with E-state index in [0.717, 1.165) is 51.3 Å². The van der Waals surface area contributed by atoms with Crippen LogP contribution in [-0.4, -0.2) is 56.2 Å². The Labute approximate surface area is 185 Å². The van der Waals surface area contributed by atoms with Gasteiger partial charge in [-0.1, -0.05) is 6.07 Å². The van der Waals surface area contributed by atoms with Gasteiger partial charge in [-0.3, -0.25) is 14.7 Å². The number of carbonyl (C=O) groups excluding carboxylic acids is 1. The summed E-state index contributed by atoms with van der Waals surface area (Å²) in [4.78, 5) is 20.9. The van der Waals surface area contributed by atoms with E-state index in [2.05, 4.69) is 47.0 Å². The molecule has 0 amide bonds. The summed E-state index contributed by atoms with van der Waals surface area (Å²) in [6, 6.07) is 5.25. The molecule has 3 rings (SSSR count). The molecule has 1 aliphatic carbocycles. The molecule has 2 fully saturated rings. The van der Waals surface area contributed by atoms with Crippen LogP contribution in [0.25, 0.3) is 0 Å². The summed E-state index contributed by atoms with van der Waals surface area (Å²) in [5.41, 5.74) is 0. The van der Waals surface area contributed by atoms with E-state index in [1.807, 2.05) is 18.3 Å². The summed E-state index contributed by atoms with van der Waals surface area (Å²) >= 11 is 1.86. The fraction of sp³-hybridized carbons (Fsp3) is 0.739. The maximum atomic E-state index is 12.0. The first-order chi connectivity index (χ1) is 14.6. The third-order valence-corrected chi connectivity index (χ3v) is 7.30. The molecule has 0 bridgehead atoms. The van der Waals surface area contributed by atoms with E-state index in [4.69, 9.17) is 9.73 Å². The highest BCUT2D eigenvalue weighted by Crippen LogP contribution is 2.37. The van der Waals surface area contributed by atoms with Gasteiger partial charge in [0.15, 0.2) is 5.96 Å². The summed E-state index contributed by atoms with van der Waals surface area (Å²) in [5.74, 6) is 1.48. The maximum absolute atomic E-state index is 12.0. The van der Waals surface area contributed by atoms with Gasteiger partial charge in [-0.05, 0) is 83.3 Å². The number of likely N-dealkylation sites (tertiary alicyclic amines) is 1. The highest BCUT2D eigenvalue weighted by atomic mass is 32.1. The zero-order valence-electron chi connectivity index (χ0n) is 18.7. The smallest absolute Gasteiger partial charge is 0.308 e. The average molecular weight is 435 g/mol. The Bertz CT molecular complexity index is 671. The lowest BCUT2D eigenvalue weighted by Gasteiger charge is -2.38. The number of hydrogen-bond acceptors (Lipinski definition) is 5. The van der Waals surface area contributed by atoms with E-state index in [1.165, 1.54) is 17.7 Å². The first kappa shape index (κ1) is 23.1. The van der Waals surface area contributed by atoms with E-state index in [1.54, 1.807) is 0 Å². The van der Waals surface area contributed by atoms with Crippen molar-refractivity contribution in [3.8, 4) is 0 Å². The minimum Gasteiger partial charge on any atom is -0.466 e. The van der Waals surface area contributed by atoms with Crippen molar-refractivity contribution >= 4 is 23.3 Å². The molecular weight excluding hydrogens is 396 g/mol. The van der Waals surface area contributed by atoms with Gasteiger partial charge in [0.05, 0.1) is 12.5 Å². The van der Waals surface area contributed by atoms with Gasteiger partial charge in [-0.25, -0.2) is 0 Å². The molecule has 1 saturated heterocycles. The van der Waals surface area contributed by atoms with Gasteiger partial charge < -0.3 is 15.4 Å². The number of nitrogens with one attached hydrogen (secondary N) is 2. The summed E-state index contributed by atoms with van der Waals surface area (Å²) < 4.78 is 5.19. The van der Waals surface area contributed by atoms with Gasteiger partial charge in [0.1, 0.15) is 0 Å². The quantitative estimate of drug-likeness (QED) is 0.388. The van der Waals surface area contributed by atoms with Crippen LogP contribution in [0.1, 0.15) is 63.3 Å². The molecule has 2 heterocycles. The normalized spacial score (nSPS) is 28.2. The lowest BCUT2D eigenvalue weighted by molar-refractivity contribution is -0.149. The highest BCUT2D eigenvalue weighted by Gasteiger charge is 2.31. The largest absolute Gasteiger partial charge is 0.466 e. The van der Waals surface area contributed by atoms with Crippen LogP contribution in [0.15, 0.2) is 22.5 Å². The molecule has 1 saturated carbocycles. The molecule has 1 aromatic rings. The number of nitrogens with zero attached hydrogens (tertiary/aromatic N) is 2. The Kier molecular flexibility index (Phi) is 9.00. The zero-order valence-corrected chi connectivity index (χ0v) is 19.5. The topological polar surface area (TPSA) is 66.0 Å². The van der Waals surface area contributed by atoms with Crippen LogP contribution in [-0.2, 0) is 9.53 Å². The minimum absolute atomic E-state index is 0.0300. The lowest BCUT2D eigenvalue weighted by atomic mass is 9.86. The Balaban J connectivity index is 1.57. The Morgan fingerprint density at radius 3 is 2.73 bits per heavy atom. The monoisotopic (exact) mass is 434 g/mol. The third kappa shape index (κ3) is 6.20. The van der Waals surface area contributed by atoms with E-state index >= 15 is 0 Å². The summed E-state index contributed by atoms with van der Waals surface area (Å²) in [7, 11) is 2.24. The van der Waals surface area contributed by atoms with Crippen LogP contribution >= 0.6 is 11.3 Å². The van der Waals surface area contributed by atoms with E-state index in [9.17, 15) is 4.79 Å². The number of thiophene rings is 1. The van der Waals surface area contributed by atoms with Crippen molar-refractivity contribution in [3.05, 3.63) is 22.4 Å². The van der Waals surface area contributed by atoms with Crippen LogP contribution in [0.2, 0.25) is 0 Å². The average Bonchev–Trinajstić information content (AvgIpc) is 3.27. The maximum Gasteiger partial charge on any atom is 0.308 e. The first-order valence-corrected chi connectivity index (χ1v) is 12.4. The third-order valence-electron chi connectivity index (χ3n) is 6.36. The van der Waals surface area contributed by atoms with Crippen LogP contribution in [0.3, 0.4) is 0 Å². The molecule has 168 valence electrons. The standard InChI is InChI=1S/C23H38N4O2S/c1-4-24-23(26-19-12-10-17(11-13-19)22(28)29-5-2)25-16-18-8-6-14-27(3)21(18)20-9-7-15-30-20/h7,9,15,17-19,21H,4-6,8,10-14,16H2,1-3H3,(H2,24,25,26). The second-order valence-electron chi connectivity index (χ2n) is 8.51. The second-order valence-corrected chi connectivity index (χ2v) is 9.49. The van der Waals surface area contributed by atoms with Crippen molar-refractivity contribution in [2.75, 3.05) is 33.3 Å². The molecule has 2 aliphatic rings. The molecule has 1 aliphatic heterocycles. The molecule has 1 aromatic heterocycles. The molecule has 7 heteroatoms. The molecule has 0 aromatic carbocycles. The fourth-order valence-corrected chi connectivity index (χ4v) is 5.80. The van der Waals surface area contributed by atoms with Crippen molar-refractivity contribution in [3.63, 3.8) is 0 Å². The molecule has 30 heavy (non-hydrogen) atoms. The van der Waals surface area contributed by atoms with Gasteiger partial charge >= 0.3 is 5.97 Å². The van der Waals surface area contributed by atoms with Crippen LogP contribution < -0.4 is 10.6 Å². The van der Waals surface area contributed by atoms with Gasteiger partial charge in [0, 0.05) is 30.1 Å². The van der Waals surface area contributed by atoms with E-state index in [0.29, 0.717) is 24.6 Å². The summed E-state index contributed by atoms with van der Waals surface area (Å²) in [6.45, 7) is 7.29. The Morgan fingerprint density at radius 1 is 1.27 bits per heavy atom. The first-order valence-electron chi connectivity index (χ1n) is 11.6. The molecule has 6 nitrogen and oxygen atoms in total. The van der Waals surface area contributed by atoms with Gasteiger partial charge in [-0.15, -0.1) is 11.3 Å². The Hall–Kier alpha value is -1.60. The van der Waals surface area contributed by atoms with Gasteiger partial charge in [0.2, 0.25) is 0 Å². The highest BCUT2D eigenvalue weighted by molar-refractivity contribution is 7.10. The second kappa shape index (κ2) is 11.7. The number of hydrogen-bond donors (Lipinski definition) is 2. The van der Waals surface area contributed by atoms with Crippen LogP contribution in [0.5, 0.6) is 0 Å². The van der Waals surface area contributed by atoms with E-state index in [-0.39, 0.29) is 11.9 Å². The van der Waals surface area contributed by atoms with Gasteiger partial charge in [0.25, 0.3) is 0 Å². The van der Waals surface area contributed by atoms with Crippen molar-refractivity contribution in [1.82, 2.24) is 15.5 Å². The number of piperidine rings is 1. The Morgan fingerprint density at radius 2 is 2.07 bits per heavy atom. The molecular formula is C23H38N4O2S. The molecule has 2 N–H and O–H groups in total. The molecule has 2 atom stereocenters. The summed E-state index contributed by atoms with van der Waals surface area (Å²) in [5, 5.41) is 9.22. The predicted molar refractivity (Wildman–Crippen MR) is 124 cm³/mol. The molecule has 0 spiro atoms. The number of ether oxygens (including phenoxy) is 1. The van der Waals surface area contributed by atoms with E-state index < -0.39 is 0 Å². The zero-order chi connectivity index (χ0) is 21.3. The van der Waals surface area contributed by atoms with Crippen LogP contribution in [0.4, 0.5) is 0 Å². The predicted octanol–water partition coefficient (Wildman–Crippen LogP) is 3.81. The number of esters is 1. The molecule has 0 radical (unpaired) electrons. The number of aliphatic imine (C=N–C) groups is 1. The van der Waals surface area contributed by atoms with Crippen molar-refractivity contribution in [1.29, 1.82) is 0 Å². The number of rotatable bonds is 7. The van der Waals surface area contributed by atoms with Crippen molar-refractivity contribution in [2.45, 2.75) is 64.5 Å². The number of guanidine groups is 1. The number of carbonyl (C=O) groups is 1. The molecule has 2 unspecified atom stereocenters. The fourth-order valence-electron chi connectivity index (χ4n) is 4.82. The van der Waals surface area contributed by atoms with Crippen molar-refractivity contribution in [2.24, 2.45) is 16.8 Å². The minimum atomic E-state index is -0.0300.